The molecule has 2 rings (SSSR count). The Morgan fingerprint density at radius 2 is 2.12 bits per heavy atom. The molecule has 2 heterocycles. The molecular weight excluding hydrogens is 204 g/mol. The van der Waals surface area contributed by atoms with Crippen LogP contribution in [0.2, 0.25) is 0 Å². The molecule has 0 unspecified atom stereocenters. The maximum Gasteiger partial charge on any atom is 0.297 e. The molecule has 1 aliphatic heterocycles. The highest BCUT2D eigenvalue weighted by atomic mass is 16.4. The van der Waals surface area contributed by atoms with Gasteiger partial charge in [-0.1, -0.05) is 6.92 Å². The zero-order valence-corrected chi connectivity index (χ0v) is 10.1. The molecule has 1 saturated heterocycles. The molecule has 5 heteroatoms. The summed E-state index contributed by atoms with van der Waals surface area (Å²) >= 11 is 0. The molecule has 1 fully saturated rings. The monoisotopic (exact) mass is 224 g/mol. The van der Waals surface area contributed by atoms with Crippen molar-refractivity contribution in [3.05, 3.63) is 12.0 Å². The predicted molar refractivity (Wildman–Crippen MR) is 63.6 cm³/mol. The Kier molecular flexibility index (Phi) is 3.79. The Hall–Kier alpha value is -1.07. The quantitative estimate of drug-likeness (QED) is 0.808. The van der Waals surface area contributed by atoms with Crippen LogP contribution in [0.15, 0.2) is 10.7 Å². The first-order valence-corrected chi connectivity index (χ1v) is 5.88. The second kappa shape index (κ2) is 5.32. The minimum Gasteiger partial charge on any atom is -0.432 e. The summed E-state index contributed by atoms with van der Waals surface area (Å²) in [5.74, 6) is 0. The van der Waals surface area contributed by atoms with Crippen molar-refractivity contribution in [1.29, 1.82) is 0 Å². The molecule has 1 aliphatic rings. The number of aromatic nitrogens is 1. The highest BCUT2D eigenvalue weighted by Gasteiger charge is 2.18. The molecule has 0 radical (unpaired) electrons. The molecule has 90 valence electrons. The van der Waals surface area contributed by atoms with E-state index in [2.05, 4.69) is 34.1 Å². The van der Waals surface area contributed by atoms with Crippen LogP contribution in [0, 0.1) is 0 Å². The van der Waals surface area contributed by atoms with Crippen LogP contribution in [-0.2, 0) is 6.54 Å². The van der Waals surface area contributed by atoms with E-state index in [4.69, 9.17) is 4.42 Å². The molecule has 0 bridgehead atoms. The van der Waals surface area contributed by atoms with E-state index in [0.29, 0.717) is 0 Å². The Balaban J connectivity index is 1.91. The molecular formula is C11H20N4O. The van der Waals surface area contributed by atoms with Crippen molar-refractivity contribution in [3.63, 3.8) is 0 Å². The van der Waals surface area contributed by atoms with E-state index in [1.165, 1.54) is 0 Å². The van der Waals surface area contributed by atoms with Gasteiger partial charge in [-0.3, -0.25) is 0 Å². The Bertz CT molecular complexity index is 318. The van der Waals surface area contributed by atoms with Crippen molar-refractivity contribution in [2.75, 3.05) is 44.7 Å². The highest BCUT2D eigenvalue weighted by molar-refractivity contribution is 5.27. The maximum atomic E-state index is 5.49. The lowest BCUT2D eigenvalue weighted by atomic mass is 10.3. The minimum atomic E-state index is 0.765. The number of hydrogen-bond acceptors (Lipinski definition) is 5. The third-order valence-electron chi connectivity index (χ3n) is 2.87. The number of oxazole rings is 1. The lowest BCUT2D eigenvalue weighted by molar-refractivity contribution is 0.305. The fourth-order valence-corrected chi connectivity index (χ4v) is 1.77. The van der Waals surface area contributed by atoms with Crippen LogP contribution in [-0.4, -0.2) is 49.7 Å². The number of piperazine rings is 1. The molecule has 0 saturated carbocycles. The number of nitrogens with zero attached hydrogens (tertiary/aromatic N) is 3. The second-order valence-electron chi connectivity index (χ2n) is 4.19. The average Bonchev–Trinajstić information content (AvgIpc) is 2.76. The summed E-state index contributed by atoms with van der Waals surface area (Å²) in [4.78, 5) is 9.00. The lowest BCUT2D eigenvalue weighted by Crippen LogP contribution is -2.44. The van der Waals surface area contributed by atoms with Crippen molar-refractivity contribution in [1.82, 2.24) is 15.2 Å². The first-order chi connectivity index (χ1) is 7.79. The molecule has 1 N–H and O–H groups in total. The molecule has 5 nitrogen and oxygen atoms in total. The van der Waals surface area contributed by atoms with Gasteiger partial charge in [-0.05, 0) is 13.6 Å². The Morgan fingerprint density at radius 1 is 1.38 bits per heavy atom. The van der Waals surface area contributed by atoms with Gasteiger partial charge in [0.25, 0.3) is 6.01 Å². The van der Waals surface area contributed by atoms with Crippen molar-refractivity contribution in [3.8, 4) is 0 Å². The number of hydrogen-bond donors (Lipinski definition) is 1. The topological polar surface area (TPSA) is 44.5 Å². The molecule has 1 aromatic rings. The first-order valence-electron chi connectivity index (χ1n) is 5.88. The molecule has 0 aliphatic carbocycles. The zero-order chi connectivity index (χ0) is 11.4. The predicted octanol–water partition coefficient (Wildman–Crippen LogP) is 0.536. The molecule has 16 heavy (non-hydrogen) atoms. The number of anilines is 1. The summed E-state index contributed by atoms with van der Waals surface area (Å²) in [5.41, 5.74) is 0.982. The Morgan fingerprint density at radius 3 is 2.81 bits per heavy atom. The van der Waals surface area contributed by atoms with E-state index in [1.54, 1.807) is 6.26 Å². The highest BCUT2D eigenvalue weighted by Crippen LogP contribution is 2.15. The fraction of sp³-hybridized carbons (Fsp3) is 0.727. The van der Waals surface area contributed by atoms with Gasteiger partial charge < -0.3 is 19.5 Å². The van der Waals surface area contributed by atoms with Crippen molar-refractivity contribution in [2.24, 2.45) is 0 Å². The first kappa shape index (κ1) is 11.4. The minimum absolute atomic E-state index is 0.765. The SMILES string of the molecule is CCNCc1coc(N2CCN(C)CC2)n1. The lowest BCUT2D eigenvalue weighted by Gasteiger charge is -2.31. The van der Waals surface area contributed by atoms with Crippen LogP contribution >= 0.6 is 0 Å². The summed E-state index contributed by atoms with van der Waals surface area (Å²) in [5, 5.41) is 3.24. The third kappa shape index (κ3) is 2.74. The van der Waals surface area contributed by atoms with Crippen molar-refractivity contribution >= 4 is 6.01 Å². The van der Waals surface area contributed by atoms with E-state index in [-0.39, 0.29) is 0 Å². The van der Waals surface area contributed by atoms with E-state index in [9.17, 15) is 0 Å². The molecule has 0 spiro atoms. The average molecular weight is 224 g/mol. The molecule has 0 atom stereocenters. The number of nitrogens with one attached hydrogen (secondary N) is 1. The third-order valence-corrected chi connectivity index (χ3v) is 2.87. The van der Waals surface area contributed by atoms with Gasteiger partial charge in [-0.2, -0.15) is 4.98 Å². The van der Waals surface area contributed by atoms with Gasteiger partial charge in [0.1, 0.15) is 6.26 Å². The van der Waals surface area contributed by atoms with Crippen LogP contribution in [0.1, 0.15) is 12.6 Å². The Labute approximate surface area is 96.4 Å². The van der Waals surface area contributed by atoms with E-state index in [0.717, 1.165) is 51.0 Å². The van der Waals surface area contributed by atoms with Crippen LogP contribution < -0.4 is 10.2 Å². The summed E-state index contributed by atoms with van der Waals surface area (Å²) in [7, 11) is 2.14. The van der Waals surface area contributed by atoms with Gasteiger partial charge in [0.2, 0.25) is 0 Å². The van der Waals surface area contributed by atoms with Crippen LogP contribution in [0.3, 0.4) is 0 Å². The van der Waals surface area contributed by atoms with E-state index < -0.39 is 0 Å². The van der Waals surface area contributed by atoms with Gasteiger partial charge >= 0.3 is 0 Å². The van der Waals surface area contributed by atoms with Crippen molar-refractivity contribution < 1.29 is 4.42 Å². The van der Waals surface area contributed by atoms with Gasteiger partial charge in [-0.15, -0.1) is 0 Å². The zero-order valence-electron chi connectivity index (χ0n) is 10.1. The normalized spacial score (nSPS) is 18.0. The van der Waals surface area contributed by atoms with E-state index >= 15 is 0 Å². The van der Waals surface area contributed by atoms with Gasteiger partial charge in [0.05, 0.1) is 5.69 Å². The number of likely N-dealkylation sites (N-methyl/N-ethyl adjacent to an activating group) is 1. The number of rotatable bonds is 4. The second-order valence-corrected chi connectivity index (χ2v) is 4.19. The standard InChI is InChI=1S/C11H20N4O/c1-3-12-8-10-9-16-11(13-10)15-6-4-14(2)5-7-15/h9,12H,3-8H2,1-2H3. The summed E-state index contributed by atoms with van der Waals surface area (Å²) < 4.78 is 5.49. The largest absolute Gasteiger partial charge is 0.432 e. The molecule has 1 aromatic heterocycles. The fourth-order valence-electron chi connectivity index (χ4n) is 1.77. The van der Waals surface area contributed by atoms with Crippen LogP contribution in [0.4, 0.5) is 6.01 Å². The van der Waals surface area contributed by atoms with Gasteiger partial charge in [0, 0.05) is 32.7 Å². The van der Waals surface area contributed by atoms with Gasteiger partial charge in [0.15, 0.2) is 0 Å². The van der Waals surface area contributed by atoms with Crippen LogP contribution in [0.5, 0.6) is 0 Å². The van der Waals surface area contributed by atoms with Crippen molar-refractivity contribution in [2.45, 2.75) is 13.5 Å². The molecule has 0 amide bonds. The van der Waals surface area contributed by atoms with Gasteiger partial charge in [-0.25, -0.2) is 0 Å². The summed E-state index contributed by atoms with van der Waals surface area (Å²) in [6, 6.07) is 0.765. The van der Waals surface area contributed by atoms with E-state index in [1.807, 2.05) is 0 Å². The maximum absolute atomic E-state index is 5.49. The summed E-state index contributed by atoms with van der Waals surface area (Å²) in [6.07, 6.45) is 1.75. The molecule has 0 aromatic carbocycles. The summed E-state index contributed by atoms with van der Waals surface area (Å²) in [6.45, 7) is 7.97. The smallest absolute Gasteiger partial charge is 0.297 e. The van der Waals surface area contributed by atoms with Crippen LogP contribution in [0.25, 0.3) is 0 Å².